The first-order valence-electron chi connectivity index (χ1n) is 9.15. The van der Waals surface area contributed by atoms with Gasteiger partial charge in [-0.25, -0.2) is 0 Å². The third-order valence-electron chi connectivity index (χ3n) is 4.30. The van der Waals surface area contributed by atoms with E-state index in [1.54, 1.807) is 43.3 Å². The number of rotatable bonds is 9. The fourth-order valence-electron chi connectivity index (χ4n) is 3.04. The standard InChI is InChI=1S/C20H29N3O3/c1-4-13-23(17-7-5-6-8-17)20(25)15-22(2)14-19(24)21-16-9-11-18(26-3)12-10-16/h7,9-12H,4-6,8,13-15H2,1-3H3,(H,21,24). The Morgan fingerprint density at radius 3 is 2.50 bits per heavy atom. The number of nitrogens with one attached hydrogen (secondary N) is 1. The highest BCUT2D eigenvalue weighted by Crippen LogP contribution is 2.22. The zero-order chi connectivity index (χ0) is 18.9. The summed E-state index contributed by atoms with van der Waals surface area (Å²) in [5, 5.41) is 2.83. The van der Waals surface area contributed by atoms with Gasteiger partial charge in [-0.1, -0.05) is 13.0 Å². The summed E-state index contributed by atoms with van der Waals surface area (Å²) >= 11 is 0. The van der Waals surface area contributed by atoms with Crippen LogP contribution < -0.4 is 10.1 Å². The number of amides is 2. The molecule has 0 bridgehead atoms. The minimum Gasteiger partial charge on any atom is -0.497 e. The molecule has 1 N–H and O–H groups in total. The third kappa shape index (κ3) is 5.88. The van der Waals surface area contributed by atoms with Crippen molar-refractivity contribution in [3.63, 3.8) is 0 Å². The van der Waals surface area contributed by atoms with Crippen molar-refractivity contribution < 1.29 is 14.3 Å². The van der Waals surface area contributed by atoms with Crippen LogP contribution >= 0.6 is 0 Å². The van der Waals surface area contributed by atoms with Gasteiger partial charge in [0.05, 0.1) is 20.2 Å². The summed E-state index contributed by atoms with van der Waals surface area (Å²) in [5.41, 5.74) is 1.84. The van der Waals surface area contributed by atoms with Gasteiger partial charge >= 0.3 is 0 Å². The highest BCUT2D eigenvalue weighted by Gasteiger charge is 2.21. The van der Waals surface area contributed by atoms with E-state index in [9.17, 15) is 9.59 Å². The lowest BCUT2D eigenvalue weighted by Gasteiger charge is -2.26. The maximum absolute atomic E-state index is 12.6. The number of nitrogens with zero attached hydrogens (tertiary/aromatic N) is 2. The van der Waals surface area contributed by atoms with E-state index in [4.69, 9.17) is 4.74 Å². The van der Waals surface area contributed by atoms with Crippen LogP contribution in [0.4, 0.5) is 5.69 Å². The Balaban J connectivity index is 1.84. The van der Waals surface area contributed by atoms with E-state index in [0.29, 0.717) is 5.69 Å². The Morgan fingerprint density at radius 2 is 1.92 bits per heavy atom. The lowest BCUT2D eigenvalue weighted by Crippen LogP contribution is -2.41. The van der Waals surface area contributed by atoms with Crippen molar-refractivity contribution in [3.8, 4) is 5.75 Å². The van der Waals surface area contributed by atoms with Crippen molar-refractivity contribution in [2.45, 2.75) is 32.6 Å². The van der Waals surface area contributed by atoms with Crippen molar-refractivity contribution in [2.24, 2.45) is 0 Å². The first-order valence-corrected chi connectivity index (χ1v) is 9.15. The van der Waals surface area contributed by atoms with Crippen LogP contribution in [0.25, 0.3) is 0 Å². The molecule has 6 heteroatoms. The zero-order valence-corrected chi connectivity index (χ0v) is 16.0. The number of anilines is 1. The number of carbonyl (C=O) groups excluding carboxylic acids is 2. The van der Waals surface area contributed by atoms with E-state index < -0.39 is 0 Å². The topological polar surface area (TPSA) is 61.9 Å². The number of benzene rings is 1. The molecule has 0 unspecified atom stereocenters. The minimum absolute atomic E-state index is 0.0553. The fourth-order valence-corrected chi connectivity index (χ4v) is 3.04. The van der Waals surface area contributed by atoms with Gasteiger partial charge in [0.1, 0.15) is 5.75 Å². The van der Waals surface area contributed by atoms with Gasteiger partial charge in [0.15, 0.2) is 0 Å². The third-order valence-corrected chi connectivity index (χ3v) is 4.30. The van der Waals surface area contributed by atoms with Crippen LogP contribution in [0, 0.1) is 0 Å². The van der Waals surface area contributed by atoms with Crippen LogP contribution in [0.5, 0.6) is 5.75 Å². The molecule has 1 aliphatic rings. The van der Waals surface area contributed by atoms with Gasteiger partial charge in [0, 0.05) is 17.9 Å². The Hall–Kier alpha value is -2.34. The molecule has 1 aromatic carbocycles. The Labute approximate surface area is 155 Å². The van der Waals surface area contributed by atoms with Gasteiger partial charge in [-0.3, -0.25) is 14.5 Å². The number of hydrogen-bond donors (Lipinski definition) is 1. The molecular weight excluding hydrogens is 330 g/mol. The number of methoxy groups -OCH3 is 1. The Morgan fingerprint density at radius 1 is 1.19 bits per heavy atom. The molecule has 0 saturated carbocycles. The van der Waals surface area contributed by atoms with E-state index in [0.717, 1.165) is 43.7 Å². The molecule has 1 aromatic rings. The van der Waals surface area contributed by atoms with Gasteiger partial charge in [-0.15, -0.1) is 0 Å². The molecule has 0 atom stereocenters. The van der Waals surface area contributed by atoms with Crippen molar-refractivity contribution in [3.05, 3.63) is 36.0 Å². The fraction of sp³-hybridized carbons (Fsp3) is 0.500. The minimum atomic E-state index is -0.146. The van der Waals surface area contributed by atoms with Crippen molar-refractivity contribution in [2.75, 3.05) is 39.1 Å². The number of carbonyl (C=O) groups is 2. The molecule has 0 fully saturated rings. The van der Waals surface area contributed by atoms with E-state index in [1.807, 2.05) is 4.90 Å². The molecule has 0 heterocycles. The summed E-state index contributed by atoms with van der Waals surface area (Å²) in [6.07, 6.45) is 6.20. The molecular formula is C20H29N3O3. The first-order chi connectivity index (χ1) is 12.5. The molecule has 2 amide bonds. The molecule has 0 radical (unpaired) electrons. The van der Waals surface area contributed by atoms with Crippen molar-refractivity contribution in [1.82, 2.24) is 9.80 Å². The quantitative estimate of drug-likeness (QED) is 0.736. The van der Waals surface area contributed by atoms with Crippen LogP contribution in [0.2, 0.25) is 0 Å². The van der Waals surface area contributed by atoms with Crippen LogP contribution in [0.15, 0.2) is 36.0 Å². The summed E-state index contributed by atoms with van der Waals surface area (Å²) in [5.74, 6) is 0.648. The van der Waals surface area contributed by atoms with E-state index in [2.05, 4.69) is 18.3 Å². The first kappa shape index (κ1) is 20.0. The van der Waals surface area contributed by atoms with Gasteiger partial charge in [-0.2, -0.15) is 0 Å². The van der Waals surface area contributed by atoms with Crippen molar-refractivity contribution >= 4 is 17.5 Å². The summed E-state index contributed by atoms with van der Waals surface area (Å²) in [6.45, 7) is 3.20. The summed E-state index contributed by atoms with van der Waals surface area (Å²) in [6, 6.07) is 7.16. The molecule has 1 aliphatic carbocycles. The number of allylic oxidation sites excluding steroid dienone is 2. The van der Waals surface area contributed by atoms with E-state index in [-0.39, 0.29) is 24.9 Å². The van der Waals surface area contributed by atoms with E-state index >= 15 is 0 Å². The van der Waals surface area contributed by atoms with Crippen LogP contribution in [0.1, 0.15) is 32.6 Å². The SMILES string of the molecule is CCCN(C(=O)CN(C)CC(=O)Nc1ccc(OC)cc1)C1=CCCC1. The molecule has 6 nitrogen and oxygen atoms in total. The second kappa shape index (κ2) is 9.97. The second-order valence-corrected chi connectivity index (χ2v) is 6.58. The number of hydrogen-bond acceptors (Lipinski definition) is 4. The zero-order valence-electron chi connectivity index (χ0n) is 16.0. The van der Waals surface area contributed by atoms with Crippen LogP contribution in [0.3, 0.4) is 0 Å². The molecule has 0 saturated heterocycles. The molecule has 0 spiro atoms. The summed E-state index contributed by atoms with van der Waals surface area (Å²) < 4.78 is 5.10. The highest BCUT2D eigenvalue weighted by molar-refractivity contribution is 5.92. The molecule has 2 rings (SSSR count). The Kier molecular flexibility index (Phi) is 7.66. The normalized spacial score (nSPS) is 13.5. The molecule has 142 valence electrons. The van der Waals surface area contributed by atoms with Crippen LogP contribution in [-0.2, 0) is 9.59 Å². The predicted octanol–water partition coefficient (Wildman–Crippen LogP) is 2.87. The smallest absolute Gasteiger partial charge is 0.240 e. The van der Waals surface area contributed by atoms with Crippen molar-refractivity contribution in [1.29, 1.82) is 0 Å². The average molecular weight is 359 g/mol. The lowest BCUT2D eigenvalue weighted by molar-refractivity contribution is -0.130. The average Bonchev–Trinajstić information content (AvgIpc) is 3.14. The molecule has 0 aliphatic heterocycles. The highest BCUT2D eigenvalue weighted by atomic mass is 16.5. The number of ether oxygens (including phenoxy) is 1. The molecule has 26 heavy (non-hydrogen) atoms. The molecule has 0 aromatic heterocycles. The Bertz CT molecular complexity index is 640. The maximum atomic E-state index is 12.6. The maximum Gasteiger partial charge on any atom is 0.240 e. The van der Waals surface area contributed by atoms with Gasteiger partial charge in [0.25, 0.3) is 0 Å². The summed E-state index contributed by atoms with van der Waals surface area (Å²) in [7, 11) is 3.39. The van der Waals surface area contributed by atoms with Gasteiger partial charge < -0.3 is 15.0 Å². The van der Waals surface area contributed by atoms with Crippen LogP contribution in [-0.4, -0.2) is 55.4 Å². The van der Waals surface area contributed by atoms with Gasteiger partial charge in [0.2, 0.25) is 11.8 Å². The van der Waals surface area contributed by atoms with E-state index in [1.165, 1.54) is 0 Å². The number of likely N-dealkylation sites (N-methyl/N-ethyl adjacent to an activating group) is 1. The monoisotopic (exact) mass is 359 g/mol. The lowest BCUT2D eigenvalue weighted by atomic mass is 10.2. The van der Waals surface area contributed by atoms with Gasteiger partial charge in [-0.05, 0) is 57.0 Å². The second-order valence-electron chi connectivity index (χ2n) is 6.58. The summed E-state index contributed by atoms with van der Waals surface area (Å²) in [4.78, 5) is 28.5. The largest absolute Gasteiger partial charge is 0.497 e. The predicted molar refractivity (Wildman–Crippen MR) is 103 cm³/mol.